The summed E-state index contributed by atoms with van der Waals surface area (Å²) in [6.07, 6.45) is 27.3. The van der Waals surface area contributed by atoms with Crippen molar-refractivity contribution in [1.29, 1.82) is 0 Å². The Bertz CT molecular complexity index is 335. The molecule has 0 aromatic carbocycles. The Hall–Kier alpha value is 0.177. The third-order valence-corrected chi connectivity index (χ3v) is 10.4. The van der Waals surface area contributed by atoms with Crippen molar-refractivity contribution < 1.29 is 4.74 Å². The quantitative estimate of drug-likeness (QED) is 0.162. The van der Waals surface area contributed by atoms with Crippen molar-refractivity contribution in [3.05, 3.63) is 0 Å². The SMILES string of the molecule is CCCCCCCCCCCCCCCCCC(C)C1([SiH](C)C)CCCCO1. The summed E-state index contributed by atoms with van der Waals surface area (Å²) in [7, 11) is -0.762. The molecule has 0 amide bonds. The Morgan fingerprint density at radius 3 is 1.57 bits per heavy atom. The molecular formula is C26H54OSi. The lowest BCUT2D eigenvalue weighted by Crippen LogP contribution is -2.52. The molecule has 168 valence electrons. The van der Waals surface area contributed by atoms with Gasteiger partial charge in [-0.2, -0.15) is 0 Å². The number of unbranched alkanes of at least 4 members (excludes halogenated alkanes) is 14. The fourth-order valence-corrected chi connectivity index (χ4v) is 7.85. The van der Waals surface area contributed by atoms with Crippen molar-refractivity contribution in [3.63, 3.8) is 0 Å². The van der Waals surface area contributed by atoms with Crippen LogP contribution in [0.3, 0.4) is 0 Å². The van der Waals surface area contributed by atoms with E-state index in [0.717, 1.165) is 12.5 Å². The maximum Gasteiger partial charge on any atom is 0.0698 e. The Labute approximate surface area is 180 Å². The summed E-state index contributed by atoms with van der Waals surface area (Å²) >= 11 is 0. The third kappa shape index (κ3) is 10.8. The van der Waals surface area contributed by atoms with Crippen LogP contribution in [0.15, 0.2) is 0 Å². The molecule has 1 aliphatic rings. The molecule has 28 heavy (non-hydrogen) atoms. The lowest BCUT2D eigenvalue weighted by Gasteiger charge is -2.45. The highest BCUT2D eigenvalue weighted by Crippen LogP contribution is 2.37. The van der Waals surface area contributed by atoms with Gasteiger partial charge >= 0.3 is 0 Å². The molecule has 0 radical (unpaired) electrons. The molecule has 1 rings (SSSR count). The van der Waals surface area contributed by atoms with Crippen LogP contribution in [0.2, 0.25) is 13.1 Å². The molecule has 0 spiro atoms. The third-order valence-electron chi connectivity index (χ3n) is 7.38. The zero-order chi connectivity index (χ0) is 20.5. The summed E-state index contributed by atoms with van der Waals surface area (Å²) in [5, 5.41) is 0.314. The van der Waals surface area contributed by atoms with Crippen molar-refractivity contribution in [2.75, 3.05) is 6.61 Å². The summed E-state index contributed by atoms with van der Waals surface area (Å²) in [6, 6.07) is 0. The first-order valence-electron chi connectivity index (χ1n) is 13.3. The van der Waals surface area contributed by atoms with Crippen LogP contribution in [0.1, 0.15) is 136 Å². The Balaban J connectivity index is 1.91. The van der Waals surface area contributed by atoms with Crippen molar-refractivity contribution in [1.82, 2.24) is 0 Å². The molecule has 1 saturated heterocycles. The fraction of sp³-hybridized carbons (Fsp3) is 1.00. The molecule has 2 heteroatoms. The normalized spacial score (nSPS) is 21.3. The van der Waals surface area contributed by atoms with Gasteiger partial charge in [-0.05, 0) is 31.6 Å². The maximum absolute atomic E-state index is 6.43. The van der Waals surface area contributed by atoms with Gasteiger partial charge in [-0.1, -0.05) is 123 Å². The van der Waals surface area contributed by atoms with Crippen LogP contribution in [0.4, 0.5) is 0 Å². The molecule has 1 heterocycles. The topological polar surface area (TPSA) is 9.23 Å². The van der Waals surface area contributed by atoms with E-state index in [2.05, 4.69) is 26.9 Å². The van der Waals surface area contributed by atoms with E-state index in [4.69, 9.17) is 4.74 Å². The summed E-state index contributed by atoms with van der Waals surface area (Å²) in [5.41, 5.74) is 0. The Morgan fingerprint density at radius 2 is 1.18 bits per heavy atom. The predicted octanol–water partition coefficient (Wildman–Crippen LogP) is 8.85. The first-order valence-corrected chi connectivity index (χ1v) is 16.2. The lowest BCUT2D eigenvalue weighted by molar-refractivity contribution is -0.0586. The highest BCUT2D eigenvalue weighted by Gasteiger charge is 2.41. The number of ether oxygens (including phenoxy) is 1. The second-order valence-corrected chi connectivity index (χ2v) is 13.3. The number of hydrogen-bond acceptors (Lipinski definition) is 1. The van der Waals surface area contributed by atoms with Gasteiger partial charge in [-0.15, -0.1) is 0 Å². The monoisotopic (exact) mass is 410 g/mol. The molecule has 2 unspecified atom stereocenters. The van der Waals surface area contributed by atoms with Crippen LogP contribution in [-0.4, -0.2) is 20.6 Å². The van der Waals surface area contributed by atoms with Gasteiger partial charge in [0, 0.05) is 6.61 Å². The molecule has 0 aromatic heterocycles. The van der Waals surface area contributed by atoms with E-state index < -0.39 is 8.80 Å². The van der Waals surface area contributed by atoms with E-state index in [1.165, 1.54) is 122 Å². The maximum atomic E-state index is 6.43. The zero-order valence-electron chi connectivity index (χ0n) is 20.2. The average molecular weight is 411 g/mol. The predicted molar refractivity (Wildman–Crippen MR) is 130 cm³/mol. The van der Waals surface area contributed by atoms with Crippen molar-refractivity contribution in [3.8, 4) is 0 Å². The lowest BCUT2D eigenvalue weighted by atomic mass is 9.91. The van der Waals surface area contributed by atoms with Crippen molar-refractivity contribution in [2.24, 2.45) is 5.92 Å². The number of rotatable bonds is 18. The summed E-state index contributed by atoms with van der Waals surface area (Å²) < 4.78 is 6.43. The minimum Gasteiger partial charge on any atom is -0.379 e. The molecule has 0 aliphatic carbocycles. The largest absolute Gasteiger partial charge is 0.379 e. The summed E-state index contributed by atoms with van der Waals surface area (Å²) in [6.45, 7) is 10.8. The van der Waals surface area contributed by atoms with Crippen molar-refractivity contribution >= 4 is 8.80 Å². The smallest absolute Gasteiger partial charge is 0.0698 e. The van der Waals surface area contributed by atoms with Gasteiger partial charge in [-0.25, -0.2) is 0 Å². The fourth-order valence-electron chi connectivity index (χ4n) is 5.32. The first-order chi connectivity index (χ1) is 13.6. The van der Waals surface area contributed by atoms with Gasteiger partial charge in [0.25, 0.3) is 0 Å². The minimum atomic E-state index is -0.762. The standard InChI is InChI=1S/C26H54OSi/c1-5-6-7-8-9-10-11-12-13-14-15-16-17-18-19-22-25(2)26(28(3)4)23-20-21-24-27-26/h25,28H,5-24H2,1-4H3. The highest BCUT2D eigenvalue weighted by atomic mass is 28.3. The van der Waals surface area contributed by atoms with Gasteiger partial charge in [-0.3, -0.25) is 0 Å². The van der Waals surface area contributed by atoms with E-state index in [1.54, 1.807) is 0 Å². The van der Waals surface area contributed by atoms with E-state index in [-0.39, 0.29) is 0 Å². The van der Waals surface area contributed by atoms with Crippen LogP contribution in [0, 0.1) is 5.92 Å². The second-order valence-electron chi connectivity index (χ2n) is 10.1. The Morgan fingerprint density at radius 1 is 0.714 bits per heavy atom. The molecule has 0 bridgehead atoms. The van der Waals surface area contributed by atoms with Crippen LogP contribution in [0.25, 0.3) is 0 Å². The highest BCUT2D eigenvalue weighted by molar-refractivity contribution is 6.59. The first kappa shape index (κ1) is 26.2. The van der Waals surface area contributed by atoms with Gasteiger partial charge in [0.1, 0.15) is 0 Å². The van der Waals surface area contributed by atoms with Crippen LogP contribution in [0.5, 0.6) is 0 Å². The Kier molecular flexibility index (Phi) is 15.8. The summed E-state index contributed by atoms with van der Waals surface area (Å²) in [5.74, 6) is 0.779. The van der Waals surface area contributed by atoms with Crippen LogP contribution >= 0.6 is 0 Å². The molecule has 0 N–H and O–H groups in total. The molecule has 0 saturated carbocycles. The molecule has 1 fully saturated rings. The van der Waals surface area contributed by atoms with E-state index in [0.29, 0.717) is 5.22 Å². The molecule has 1 nitrogen and oxygen atoms in total. The molecule has 1 aliphatic heterocycles. The van der Waals surface area contributed by atoms with Crippen LogP contribution < -0.4 is 0 Å². The number of hydrogen-bond donors (Lipinski definition) is 0. The van der Waals surface area contributed by atoms with Gasteiger partial charge < -0.3 is 4.74 Å². The molecule has 0 aromatic rings. The summed E-state index contributed by atoms with van der Waals surface area (Å²) in [4.78, 5) is 0. The van der Waals surface area contributed by atoms with E-state index in [1.807, 2.05) is 0 Å². The van der Waals surface area contributed by atoms with E-state index >= 15 is 0 Å². The van der Waals surface area contributed by atoms with Crippen LogP contribution in [-0.2, 0) is 4.74 Å². The second kappa shape index (κ2) is 16.9. The zero-order valence-corrected chi connectivity index (χ0v) is 21.4. The van der Waals surface area contributed by atoms with Gasteiger partial charge in [0.05, 0.1) is 14.0 Å². The van der Waals surface area contributed by atoms with Gasteiger partial charge in [0.2, 0.25) is 0 Å². The minimum absolute atomic E-state index is 0.314. The molecular weight excluding hydrogens is 356 g/mol. The van der Waals surface area contributed by atoms with Gasteiger partial charge in [0.15, 0.2) is 0 Å². The average Bonchev–Trinajstić information content (AvgIpc) is 2.71. The van der Waals surface area contributed by atoms with Crippen molar-refractivity contribution in [2.45, 2.75) is 154 Å². The van der Waals surface area contributed by atoms with E-state index in [9.17, 15) is 0 Å². The molecule has 2 atom stereocenters.